The van der Waals surface area contributed by atoms with Crippen LogP contribution < -0.4 is 5.73 Å². The number of carboxylic acids is 1. The number of nitrogens with two attached hydrogens (primary N) is 1. The van der Waals surface area contributed by atoms with Crippen molar-refractivity contribution in [3.8, 4) is 0 Å². The fourth-order valence-corrected chi connectivity index (χ4v) is 1.37. The number of carbonyl (C=O) groups is 2. The van der Waals surface area contributed by atoms with Crippen LogP contribution in [0, 0.1) is 0 Å². The minimum Gasteiger partial charge on any atom is -0.481 e. The van der Waals surface area contributed by atoms with Gasteiger partial charge in [0.25, 0.3) is 0 Å². The highest BCUT2D eigenvalue weighted by molar-refractivity contribution is 5.73. The van der Waals surface area contributed by atoms with Crippen molar-refractivity contribution in [2.24, 2.45) is 5.73 Å². The third kappa shape index (κ3) is 5.64. The van der Waals surface area contributed by atoms with Crippen LogP contribution in [-0.4, -0.2) is 32.0 Å². The molecule has 0 aliphatic rings. The largest absolute Gasteiger partial charge is 0.481 e. The van der Waals surface area contributed by atoms with Crippen molar-refractivity contribution in [3.05, 3.63) is 11.9 Å². The van der Waals surface area contributed by atoms with Crippen LogP contribution in [0.25, 0.3) is 0 Å². The van der Waals surface area contributed by atoms with Crippen LogP contribution in [0.1, 0.15) is 31.4 Å². The summed E-state index contributed by atoms with van der Waals surface area (Å²) < 4.78 is 1.57. The fraction of sp³-hybridized carbons (Fsp3) is 0.600. The Bertz CT molecular complexity index is 389. The first-order valence-corrected chi connectivity index (χ1v) is 5.47. The zero-order chi connectivity index (χ0) is 12.7. The molecular formula is C10H16N4O3. The number of carboxylic acid groups (broad SMARTS) is 1. The molecule has 0 spiro atoms. The zero-order valence-electron chi connectivity index (χ0n) is 9.50. The Balaban J connectivity index is 2.25. The molecule has 0 atom stereocenters. The van der Waals surface area contributed by atoms with Gasteiger partial charge in [-0.15, -0.1) is 5.10 Å². The average molecular weight is 240 g/mol. The number of unbranched alkanes of at least 4 members (excludes halogenated alkanes) is 1. The molecule has 1 rings (SSSR count). The first-order chi connectivity index (χ1) is 8.08. The van der Waals surface area contributed by atoms with Gasteiger partial charge in [0.1, 0.15) is 0 Å². The molecule has 0 aliphatic heterocycles. The lowest BCUT2D eigenvalue weighted by molar-refractivity contribution is -0.137. The summed E-state index contributed by atoms with van der Waals surface area (Å²) in [7, 11) is 0. The van der Waals surface area contributed by atoms with Crippen molar-refractivity contribution in [1.82, 2.24) is 15.0 Å². The van der Waals surface area contributed by atoms with Crippen LogP contribution in [-0.2, 0) is 22.6 Å². The maximum absolute atomic E-state index is 10.6. The monoisotopic (exact) mass is 240 g/mol. The van der Waals surface area contributed by atoms with Gasteiger partial charge in [-0.25, -0.2) is 0 Å². The molecule has 3 N–H and O–H groups in total. The van der Waals surface area contributed by atoms with E-state index in [1.54, 1.807) is 10.9 Å². The van der Waals surface area contributed by atoms with E-state index in [0.717, 1.165) is 12.1 Å². The Morgan fingerprint density at radius 3 is 2.76 bits per heavy atom. The number of hydrogen-bond donors (Lipinski definition) is 2. The van der Waals surface area contributed by atoms with Gasteiger partial charge >= 0.3 is 5.97 Å². The van der Waals surface area contributed by atoms with Crippen molar-refractivity contribution in [2.75, 3.05) is 0 Å². The highest BCUT2D eigenvalue weighted by Crippen LogP contribution is 2.03. The summed E-state index contributed by atoms with van der Waals surface area (Å²) in [5.41, 5.74) is 5.82. The van der Waals surface area contributed by atoms with Crippen LogP contribution in [0.5, 0.6) is 0 Å². The van der Waals surface area contributed by atoms with Crippen LogP contribution >= 0.6 is 0 Å². The van der Waals surface area contributed by atoms with Gasteiger partial charge < -0.3 is 10.8 Å². The third-order valence-corrected chi connectivity index (χ3v) is 2.25. The molecule has 1 amide bonds. The van der Waals surface area contributed by atoms with Gasteiger partial charge in [-0.2, -0.15) is 0 Å². The molecule has 0 aromatic carbocycles. The summed E-state index contributed by atoms with van der Waals surface area (Å²) in [6.07, 6.45) is 4.26. The van der Waals surface area contributed by atoms with Crippen molar-refractivity contribution in [2.45, 2.75) is 38.6 Å². The summed E-state index contributed by atoms with van der Waals surface area (Å²) in [5, 5.41) is 16.2. The van der Waals surface area contributed by atoms with E-state index in [1.807, 2.05) is 0 Å². The first-order valence-electron chi connectivity index (χ1n) is 5.47. The molecule has 1 aromatic heterocycles. The van der Waals surface area contributed by atoms with Crippen molar-refractivity contribution in [1.29, 1.82) is 0 Å². The molecule has 0 aliphatic carbocycles. The summed E-state index contributed by atoms with van der Waals surface area (Å²) in [4.78, 5) is 20.8. The second-order valence-electron chi connectivity index (χ2n) is 3.79. The van der Waals surface area contributed by atoms with Gasteiger partial charge in [0, 0.05) is 19.0 Å². The third-order valence-electron chi connectivity index (χ3n) is 2.25. The van der Waals surface area contributed by atoms with E-state index < -0.39 is 5.97 Å². The summed E-state index contributed by atoms with van der Waals surface area (Å²) in [6, 6.07) is 0. The van der Waals surface area contributed by atoms with Crippen molar-refractivity contribution >= 4 is 11.9 Å². The molecule has 7 heteroatoms. The van der Waals surface area contributed by atoms with Crippen LogP contribution in [0.3, 0.4) is 0 Å². The highest BCUT2D eigenvalue weighted by Gasteiger charge is 2.03. The lowest BCUT2D eigenvalue weighted by Crippen LogP contribution is -2.14. The quantitative estimate of drug-likeness (QED) is 0.619. The van der Waals surface area contributed by atoms with Gasteiger partial charge in [0.2, 0.25) is 5.91 Å². The summed E-state index contributed by atoms with van der Waals surface area (Å²) in [5.74, 6) is -1.15. The SMILES string of the molecule is NC(=O)CCn1cc(CCCCC(=O)O)nn1. The van der Waals surface area contributed by atoms with Crippen molar-refractivity contribution < 1.29 is 14.7 Å². The number of aromatic nitrogens is 3. The van der Waals surface area contributed by atoms with Crippen LogP contribution in [0.15, 0.2) is 6.20 Å². The van der Waals surface area contributed by atoms with E-state index in [9.17, 15) is 9.59 Å². The number of aliphatic carboxylic acids is 1. The molecule has 17 heavy (non-hydrogen) atoms. The summed E-state index contributed by atoms with van der Waals surface area (Å²) in [6.45, 7) is 0.428. The molecular weight excluding hydrogens is 224 g/mol. The number of nitrogens with zero attached hydrogens (tertiary/aromatic N) is 3. The number of amides is 1. The number of carbonyl (C=O) groups excluding carboxylic acids is 1. The predicted molar refractivity (Wildman–Crippen MR) is 59.0 cm³/mol. The Morgan fingerprint density at radius 2 is 2.12 bits per heavy atom. The lowest BCUT2D eigenvalue weighted by atomic mass is 10.1. The fourth-order valence-electron chi connectivity index (χ4n) is 1.37. The van der Waals surface area contributed by atoms with E-state index >= 15 is 0 Å². The molecule has 0 saturated heterocycles. The van der Waals surface area contributed by atoms with E-state index in [4.69, 9.17) is 10.8 Å². The Kier molecular flexibility index (Phi) is 5.12. The highest BCUT2D eigenvalue weighted by atomic mass is 16.4. The minimum absolute atomic E-state index is 0.176. The first kappa shape index (κ1) is 13.1. The van der Waals surface area contributed by atoms with Crippen LogP contribution in [0.4, 0.5) is 0 Å². The molecule has 0 radical (unpaired) electrons. The van der Waals surface area contributed by atoms with Gasteiger partial charge in [0.05, 0.1) is 12.2 Å². The van der Waals surface area contributed by atoms with E-state index in [-0.39, 0.29) is 18.7 Å². The number of aryl methyl sites for hydroxylation is 2. The zero-order valence-corrected chi connectivity index (χ0v) is 9.50. The molecule has 0 unspecified atom stereocenters. The molecule has 0 bridgehead atoms. The molecule has 0 saturated carbocycles. The second-order valence-corrected chi connectivity index (χ2v) is 3.79. The van der Waals surface area contributed by atoms with Gasteiger partial charge in [0.15, 0.2) is 0 Å². The molecule has 1 aromatic rings. The maximum Gasteiger partial charge on any atom is 0.303 e. The molecule has 7 nitrogen and oxygen atoms in total. The van der Waals surface area contributed by atoms with Gasteiger partial charge in [-0.3, -0.25) is 14.3 Å². The Labute approximate surface area is 98.6 Å². The summed E-state index contributed by atoms with van der Waals surface area (Å²) >= 11 is 0. The van der Waals surface area contributed by atoms with E-state index in [2.05, 4.69) is 10.3 Å². The average Bonchev–Trinajstić information content (AvgIpc) is 2.69. The Morgan fingerprint density at radius 1 is 1.35 bits per heavy atom. The van der Waals surface area contributed by atoms with Gasteiger partial charge in [-0.05, 0) is 19.3 Å². The smallest absolute Gasteiger partial charge is 0.303 e. The molecule has 0 fully saturated rings. The topological polar surface area (TPSA) is 111 Å². The van der Waals surface area contributed by atoms with Gasteiger partial charge in [-0.1, -0.05) is 5.21 Å². The molecule has 1 heterocycles. The van der Waals surface area contributed by atoms with E-state index in [1.165, 1.54) is 0 Å². The van der Waals surface area contributed by atoms with Crippen LogP contribution in [0.2, 0.25) is 0 Å². The van der Waals surface area contributed by atoms with Crippen molar-refractivity contribution in [3.63, 3.8) is 0 Å². The second kappa shape index (κ2) is 6.62. The van der Waals surface area contributed by atoms with E-state index in [0.29, 0.717) is 19.4 Å². The lowest BCUT2D eigenvalue weighted by Gasteiger charge is -1.96. The Hall–Kier alpha value is -1.92. The predicted octanol–water partition coefficient (Wildman–Crippen LogP) is -0.0491. The molecule has 94 valence electrons. The standard InChI is InChI=1S/C10H16N4O3/c11-9(15)5-6-14-7-8(12-13-14)3-1-2-4-10(16)17/h7H,1-6H2,(H2,11,15)(H,16,17). The minimum atomic E-state index is -0.782. The number of rotatable bonds is 8. The maximum atomic E-state index is 10.6. The number of hydrogen-bond acceptors (Lipinski definition) is 4. The number of primary amides is 1. The normalized spacial score (nSPS) is 10.4.